The number of pyridine rings is 1. The summed E-state index contributed by atoms with van der Waals surface area (Å²) >= 11 is 5.88. The summed E-state index contributed by atoms with van der Waals surface area (Å²) < 4.78 is 13.0. The highest BCUT2D eigenvalue weighted by Gasteiger charge is 2.42. The third-order valence-electron chi connectivity index (χ3n) is 6.57. The van der Waals surface area contributed by atoms with Crippen LogP contribution in [-0.2, 0) is 0 Å². The lowest BCUT2D eigenvalue weighted by Gasteiger charge is -2.28. The number of anilines is 1. The first kappa shape index (κ1) is 22.9. The number of hydrogen-bond donors (Lipinski definition) is 1. The Morgan fingerprint density at radius 2 is 1.49 bits per heavy atom. The van der Waals surface area contributed by atoms with E-state index in [1.54, 1.807) is 14.2 Å². The Balaban J connectivity index is 1.64. The molecule has 0 spiro atoms. The first-order valence-electron chi connectivity index (χ1n) is 11.5. The maximum atomic E-state index is 5.88. The summed E-state index contributed by atoms with van der Waals surface area (Å²) in [4.78, 5) is 6.86. The van der Waals surface area contributed by atoms with Crippen LogP contribution < -0.4 is 19.7 Å². The van der Waals surface area contributed by atoms with E-state index in [4.69, 9.17) is 21.7 Å². The van der Waals surface area contributed by atoms with Crippen molar-refractivity contribution in [1.82, 2.24) is 14.9 Å². The van der Waals surface area contributed by atoms with E-state index in [2.05, 4.69) is 51.8 Å². The van der Waals surface area contributed by atoms with Crippen LogP contribution >= 0.6 is 12.2 Å². The monoisotopic (exact) mass is 484 g/mol. The van der Waals surface area contributed by atoms with Gasteiger partial charge in [-0.15, -0.1) is 0 Å². The Morgan fingerprint density at radius 3 is 2.06 bits per heavy atom. The third-order valence-corrected chi connectivity index (χ3v) is 6.88. The number of benzene rings is 2. The first-order chi connectivity index (χ1) is 17.0. The predicted molar refractivity (Wildman–Crippen MR) is 143 cm³/mol. The second kappa shape index (κ2) is 9.43. The lowest BCUT2D eigenvalue weighted by atomic mass is 9.96. The molecule has 2 aromatic heterocycles. The van der Waals surface area contributed by atoms with Crippen molar-refractivity contribution < 1.29 is 9.47 Å². The molecule has 0 bridgehead atoms. The molecule has 6 nitrogen and oxygen atoms in total. The number of rotatable bonds is 6. The summed E-state index contributed by atoms with van der Waals surface area (Å²) in [7, 11) is 3.35. The average molecular weight is 485 g/mol. The standard InChI is InChI=1S/C28H28N4O2S/c1-18-17-24(19(2)31(18)20-8-12-22(33-3)13-9-20)27-26(25-7-5-6-16-29-25)30-28(35)32(27)21-10-14-23(34-4)15-11-21/h5-17,26-27H,1-4H3,(H,30,35). The van der Waals surface area contributed by atoms with Gasteiger partial charge in [0.15, 0.2) is 5.11 Å². The van der Waals surface area contributed by atoms with Gasteiger partial charge in [-0.2, -0.15) is 0 Å². The van der Waals surface area contributed by atoms with Crippen LogP contribution in [0.3, 0.4) is 0 Å². The van der Waals surface area contributed by atoms with Gasteiger partial charge >= 0.3 is 0 Å². The van der Waals surface area contributed by atoms with Crippen LogP contribution in [0, 0.1) is 13.8 Å². The minimum absolute atomic E-state index is 0.0796. The first-order valence-corrected chi connectivity index (χ1v) is 11.9. The van der Waals surface area contributed by atoms with E-state index in [9.17, 15) is 0 Å². The van der Waals surface area contributed by atoms with Crippen molar-refractivity contribution in [3.63, 3.8) is 0 Å². The molecular formula is C28H28N4O2S. The predicted octanol–water partition coefficient (Wildman–Crippen LogP) is 5.68. The van der Waals surface area contributed by atoms with E-state index in [1.807, 2.05) is 60.8 Å². The summed E-state index contributed by atoms with van der Waals surface area (Å²) in [6, 6.07) is 24.2. The molecule has 0 amide bonds. The number of ether oxygens (including phenoxy) is 2. The number of aromatic nitrogens is 2. The minimum Gasteiger partial charge on any atom is -0.497 e. The van der Waals surface area contributed by atoms with E-state index in [1.165, 1.54) is 5.56 Å². The van der Waals surface area contributed by atoms with E-state index >= 15 is 0 Å². The molecule has 5 rings (SSSR count). The average Bonchev–Trinajstić information content (AvgIpc) is 3.39. The van der Waals surface area contributed by atoms with E-state index in [0.29, 0.717) is 5.11 Å². The van der Waals surface area contributed by atoms with Crippen LogP contribution in [0.1, 0.15) is 34.7 Å². The number of methoxy groups -OCH3 is 2. The molecule has 4 aromatic rings. The summed E-state index contributed by atoms with van der Waals surface area (Å²) in [6.45, 7) is 4.30. The van der Waals surface area contributed by atoms with Gasteiger partial charge in [0.25, 0.3) is 0 Å². The number of nitrogens with zero attached hydrogens (tertiary/aromatic N) is 3. The number of aryl methyl sites for hydroxylation is 1. The normalized spacial score (nSPS) is 17.4. The van der Waals surface area contributed by atoms with Crippen LogP contribution in [0.15, 0.2) is 79.0 Å². The van der Waals surface area contributed by atoms with Gasteiger partial charge in [-0.05, 0) is 98.4 Å². The van der Waals surface area contributed by atoms with Crippen LogP contribution in [0.5, 0.6) is 11.5 Å². The molecule has 2 aromatic carbocycles. The lowest BCUT2D eigenvalue weighted by Crippen LogP contribution is -2.29. The van der Waals surface area contributed by atoms with Crippen molar-refractivity contribution in [2.45, 2.75) is 25.9 Å². The maximum absolute atomic E-state index is 5.88. The Kier molecular flexibility index (Phi) is 6.17. The molecule has 178 valence electrons. The van der Waals surface area contributed by atoms with Gasteiger partial charge in [-0.3, -0.25) is 4.98 Å². The Bertz CT molecular complexity index is 1330. The number of thiocarbonyl (C=S) groups is 1. The van der Waals surface area contributed by atoms with Gasteiger partial charge in [0.2, 0.25) is 0 Å². The molecule has 1 fully saturated rings. The van der Waals surface area contributed by atoms with Gasteiger partial charge in [0.05, 0.1) is 32.0 Å². The van der Waals surface area contributed by atoms with Gasteiger partial charge in [-0.1, -0.05) is 6.07 Å². The summed E-state index contributed by atoms with van der Waals surface area (Å²) in [5.74, 6) is 1.64. The summed E-state index contributed by atoms with van der Waals surface area (Å²) in [5.41, 5.74) is 6.53. The van der Waals surface area contributed by atoms with Crippen molar-refractivity contribution in [2.75, 3.05) is 19.1 Å². The van der Waals surface area contributed by atoms with Crippen molar-refractivity contribution in [2.24, 2.45) is 0 Å². The molecule has 2 atom stereocenters. The molecule has 7 heteroatoms. The van der Waals surface area contributed by atoms with Crippen LogP contribution in [0.25, 0.3) is 5.69 Å². The molecule has 3 heterocycles. The molecule has 0 radical (unpaired) electrons. The minimum atomic E-state index is -0.101. The number of nitrogens with one attached hydrogen (secondary N) is 1. The van der Waals surface area contributed by atoms with Crippen molar-refractivity contribution in [3.8, 4) is 17.2 Å². The molecule has 2 unspecified atom stereocenters. The van der Waals surface area contributed by atoms with Crippen LogP contribution in [-0.4, -0.2) is 28.9 Å². The molecule has 0 aliphatic carbocycles. The van der Waals surface area contributed by atoms with E-state index in [0.717, 1.165) is 40.0 Å². The highest BCUT2D eigenvalue weighted by atomic mass is 32.1. The summed E-state index contributed by atoms with van der Waals surface area (Å²) in [6.07, 6.45) is 1.83. The summed E-state index contributed by atoms with van der Waals surface area (Å²) in [5, 5.41) is 4.22. The molecule has 1 aliphatic rings. The smallest absolute Gasteiger partial charge is 0.174 e. The largest absolute Gasteiger partial charge is 0.497 e. The molecule has 1 aliphatic heterocycles. The van der Waals surface area contributed by atoms with E-state index in [-0.39, 0.29) is 12.1 Å². The molecule has 1 N–H and O–H groups in total. The SMILES string of the molecule is COc1ccc(N2C(=S)NC(c3ccccn3)C2c2cc(C)n(-c3ccc(OC)cc3)c2C)cc1. The van der Waals surface area contributed by atoms with Gasteiger partial charge < -0.3 is 24.3 Å². The zero-order valence-electron chi connectivity index (χ0n) is 20.2. The molecular weight excluding hydrogens is 456 g/mol. The molecule has 0 saturated carbocycles. The van der Waals surface area contributed by atoms with Crippen molar-refractivity contribution in [3.05, 3.63) is 102 Å². The fraction of sp³-hybridized carbons (Fsp3) is 0.214. The van der Waals surface area contributed by atoms with E-state index < -0.39 is 0 Å². The maximum Gasteiger partial charge on any atom is 0.174 e. The zero-order chi connectivity index (χ0) is 24.5. The van der Waals surface area contributed by atoms with Crippen molar-refractivity contribution in [1.29, 1.82) is 0 Å². The third kappa shape index (κ3) is 4.12. The second-order valence-corrected chi connectivity index (χ2v) is 8.94. The van der Waals surface area contributed by atoms with Crippen molar-refractivity contribution >= 4 is 23.0 Å². The highest BCUT2D eigenvalue weighted by Crippen LogP contribution is 2.44. The highest BCUT2D eigenvalue weighted by molar-refractivity contribution is 7.80. The zero-order valence-corrected chi connectivity index (χ0v) is 21.0. The second-order valence-electron chi connectivity index (χ2n) is 8.55. The van der Waals surface area contributed by atoms with Crippen LogP contribution in [0.4, 0.5) is 5.69 Å². The lowest BCUT2D eigenvalue weighted by molar-refractivity contribution is 0.414. The quantitative estimate of drug-likeness (QED) is 0.355. The molecule has 35 heavy (non-hydrogen) atoms. The Labute approximate surface area is 211 Å². The topological polar surface area (TPSA) is 51.5 Å². The Morgan fingerprint density at radius 1 is 0.857 bits per heavy atom. The molecule has 1 saturated heterocycles. The van der Waals surface area contributed by atoms with Gasteiger partial charge in [0, 0.05) is 29.0 Å². The number of hydrogen-bond acceptors (Lipinski definition) is 4. The fourth-order valence-corrected chi connectivity index (χ4v) is 5.25. The van der Waals surface area contributed by atoms with Crippen LogP contribution in [0.2, 0.25) is 0 Å². The van der Waals surface area contributed by atoms with Gasteiger partial charge in [0.1, 0.15) is 11.5 Å². The Hall–Kier alpha value is -3.84. The van der Waals surface area contributed by atoms with Gasteiger partial charge in [-0.25, -0.2) is 0 Å². The fourth-order valence-electron chi connectivity index (χ4n) is 4.91.